The molecule has 28 heavy (non-hydrogen) atoms. The Morgan fingerprint density at radius 2 is 2.00 bits per heavy atom. The molecular formula is C19H14N4O3S2. The summed E-state index contributed by atoms with van der Waals surface area (Å²) in [7, 11) is 0. The number of ether oxygens (including phenoxy) is 2. The van der Waals surface area contributed by atoms with E-state index >= 15 is 0 Å². The first kappa shape index (κ1) is 17.1. The number of carbonyl (C=O) groups is 1. The quantitative estimate of drug-likeness (QED) is 0.503. The fourth-order valence-electron chi connectivity index (χ4n) is 2.90. The van der Waals surface area contributed by atoms with E-state index in [1.807, 2.05) is 34.7 Å². The highest BCUT2D eigenvalue weighted by Crippen LogP contribution is 2.34. The van der Waals surface area contributed by atoms with Crippen molar-refractivity contribution in [2.45, 2.75) is 5.16 Å². The molecule has 0 unspecified atom stereocenters. The molecule has 2 aromatic heterocycles. The van der Waals surface area contributed by atoms with Crippen LogP contribution in [-0.2, 0) is 4.79 Å². The van der Waals surface area contributed by atoms with Gasteiger partial charge in [-0.3, -0.25) is 9.20 Å². The molecule has 0 radical (unpaired) electrons. The van der Waals surface area contributed by atoms with E-state index in [1.54, 1.807) is 18.2 Å². The van der Waals surface area contributed by atoms with Crippen LogP contribution >= 0.6 is 23.1 Å². The molecule has 140 valence electrons. The molecule has 0 bridgehead atoms. The molecule has 0 saturated heterocycles. The van der Waals surface area contributed by atoms with Crippen molar-refractivity contribution in [1.29, 1.82) is 0 Å². The molecule has 7 nitrogen and oxygen atoms in total. The van der Waals surface area contributed by atoms with Crippen molar-refractivity contribution in [3.05, 3.63) is 53.9 Å². The van der Waals surface area contributed by atoms with Gasteiger partial charge in [0.05, 0.1) is 11.4 Å². The SMILES string of the molecule is O=C(CSc1nnc2scc(-c3ccccc3)n12)Nc1ccc2c(c1)OCO2. The van der Waals surface area contributed by atoms with Crippen molar-refractivity contribution in [2.24, 2.45) is 0 Å². The van der Waals surface area contributed by atoms with E-state index in [2.05, 4.69) is 20.9 Å². The highest BCUT2D eigenvalue weighted by atomic mass is 32.2. The number of thiazole rings is 1. The summed E-state index contributed by atoms with van der Waals surface area (Å²) in [6.45, 7) is 0.204. The lowest BCUT2D eigenvalue weighted by molar-refractivity contribution is -0.113. The van der Waals surface area contributed by atoms with Crippen LogP contribution in [0.25, 0.3) is 16.2 Å². The minimum absolute atomic E-state index is 0.128. The van der Waals surface area contributed by atoms with Crippen molar-refractivity contribution < 1.29 is 14.3 Å². The molecule has 0 saturated carbocycles. The maximum Gasteiger partial charge on any atom is 0.234 e. The molecule has 0 fully saturated rings. The number of carbonyl (C=O) groups excluding carboxylic acids is 1. The van der Waals surface area contributed by atoms with Crippen LogP contribution in [0.5, 0.6) is 11.5 Å². The van der Waals surface area contributed by atoms with Gasteiger partial charge >= 0.3 is 0 Å². The largest absolute Gasteiger partial charge is 0.454 e. The average molecular weight is 410 g/mol. The van der Waals surface area contributed by atoms with E-state index < -0.39 is 0 Å². The number of thioether (sulfide) groups is 1. The van der Waals surface area contributed by atoms with Gasteiger partial charge in [-0.1, -0.05) is 42.1 Å². The van der Waals surface area contributed by atoms with Crippen LogP contribution in [0, 0.1) is 0 Å². The maximum absolute atomic E-state index is 12.4. The highest BCUT2D eigenvalue weighted by Gasteiger charge is 2.17. The number of benzene rings is 2. The Morgan fingerprint density at radius 3 is 2.89 bits per heavy atom. The molecular weight excluding hydrogens is 396 g/mol. The van der Waals surface area contributed by atoms with E-state index in [0.717, 1.165) is 16.2 Å². The summed E-state index contributed by atoms with van der Waals surface area (Å²) in [5.74, 6) is 1.41. The van der Waals surface area contributed by atoms with Gasteiger partial charge in [-0.15, -0.1) is 21.5 Å². The predicted molar refractivity (Wildman–Crippen MR) is 108 cm³/mol. The van der Waals surface area contributed by atoms with Crippen LogP contribution in [0.2, 0.25) is 0 Å². The van der Waals surface area contributed by atoms with Gasteiger partial charge in [0.15, 0.2) is 16.7 Å². The molecule has 1 aliphatic heterocycles. The van der Waals surface area contributed by atoms with E-state index in [4.69, 9.17) is 9.47 Å². The van der Waals surface area contributed by atoms with Crippen LogP contribution in [0.15, 0.2) is 59.1 Å². The molecule has 3 heterocycles. The predicted octanol–water partition coefficient (Wildman–Crippen LogP) is 3.92. The van der Waals surface area contributed by atoms with Gasteiger partial charge in [-0.2, -0.15) is 0 Å². The summed E-state index contributed by atoms with van der Waals surface area (Å²) >= 11 is 2.88. The standard InChI is InChI=1S/C19H14N4O3S2/c24-17(20-13-6-7-15-16(8-13)26-11-25-15)10-28-19-22-21-18-23(19)14(9-27-18)12-4-2-1-3-5-12/h1-9H,10-11H2,(H,20,24). The minimum atomic E-state index is -0.128. The number of aromatic nitrogens is 3. The molecule has 0 aliphatic carbocycles. The first-order valence-electron chi connectivity index (χ1n) is 8.48. The van der Waals surface area contributed by atoms with Gasteiger partial charge in [0.1, 0.15) is 0 Å². The molecule has 1 amide bonds. The van der Waals surface area contributed by atoms with Crippen molar-refractivity contribution in [2.75, 3.05) is 17.9 Å². The Labute approximate surface area is 168 Å². The van der Waals surface area contributed by atoms with E-state index in [-0.39, 0.29) is 18.5 Å². The average Bonchev–Trinajstić information content (AvgIpc) is 3.43. The van der Waals surface area contributed by atoms with Crippen LogP contribution < -0.4 is 14.8 Å². The van der Waals surface area contributed by atoms with Crippen molar-refractivity contribution in [1.82, 2.24) is 14.6 Å². The first-order chi connectivity index (χ1) is 13.8. The molecule has 1 N–H and O–H groups in total. The summed E-state index contributed by atoms with van der Waals surface area (Å²) in [6, 6.07) is 15.4. The fraction of sp³-hybridized carbons (Fsp3) is 0.105. The van der Waals surface area contributed by atoms with Gasteiger partial charge in [0.2, 0.25) is 17.7 Å². The smallest absolute Gasteiger partial charge is 0.234 e. The molecule has 9 heteroatoms. The summed E-state index contributed by atoms with van der Waals surface area (Å²) in [5.41, 5.74) is 2.77. The zero-order valence-electron chi connectivity index (χ0n) is 14.5. The summed E-state index contributed by atoms with van der Waals surface area (Å²) < 4.78 is 12.6. The summed E-state index contributed by atoms with van der Waals surface area (Å²) in [6.07, 6.45) is 0. The third-order valence-electron chi connectivity index (χ3n) is 4.18. The Morgan fingerprint density at radius 1 is 1.14 bits per heavy atom. The Hall–Kier alpha value is -3.04. The number of nitrogens with zero attached hydrogens (tertiary/aromatic N) is 3. The van der Waals surface area contributed by atoms with Gasteiger partial charge in [0.25, 0.3) is 0 Å². The molecule has 4 aromatic rings. The monoisotopic (exact) mass is 410 g/mol. The zero-order valence-corrected chi connectivity index (χ0v) is 16.1. The second kappa shape index (κ2) is 7.17. The normalized spacial score (nSPS) is 12.4. The van der Waals surface area contributed by atoms with Gasteiger partial charge in [-0.05, 0) is 17.7 Å². The van der Waals surface area contributed by atoms with Gasteiger partial charge < -0.3 is 14.8 Å². The zero-order chi connectivity index (χ0) is 18.9. The number of anilines is 1. The number of rotatable bonds is 5. The van der Waals surface area contributed by atoms with Crippen LogP contribution in [-0.4, -0.2) is 33.1 Å². The summed E-state index contributed by atoms with van der Waals surface area (Å²) in [5, 5.41) is 14.1. The van der Waals surface area contributed by atoms with E-state index in [9.17, 15) is 4.79 Å². The Kier molecular flexibility index (Phi) is 4.38. The van der Waals surface area contributed by atoms with E-state index in [0.29, 0.717) is 22.3 Å². The number of hydrogen-bond donors (Lipinski definition) is 1. The first-order valence-corrected chi connectivity index (χ1v) is 10.3. The van der Waals surface area contributed by atoms with Gasteiger partial charge in [-0.25, -0.2) is 0 Å². The number of fused-ring (bicyclic) bond motifs is 2. The van der Waals surface area contributed by atoms with E-state index in [1.165, 1.54) is 23.1 Å². The highest BCUT2D eigenvalue weighted by molar-refractivity contribution is 7.99. The van der Waals surface area contributed by atoms with Crippen LogP contribution in [0.4, 0.5) is 5.69 Å². The number of amides is 1. The second-order valence-corrected chi connectivity index (χ2v) is 7.77. The second-order valence-electron chi connectivity index (χ2n) is 5.99. The number of hydrogen-bond acceptors (Lipinski definition) is 7. The minimum Gasteiger partial charge on any atom is -0.454 e. The molecule has 1 aliphatic rings. The Bertz CT molecular complexity index is 1160. The topological polar surface area (TPSA) is 77.8 Å². The molecule has 0 atom stereocenters. The summed E-state index contributed by atoms with van der Waals surface area (Å²) in [4.78, 5) is 13.2. The fourth-order valence-corrected chi connectivity index (χ4v) is 4.54. The molecule has 2 aromatic carbocycles. The van der Waals surface area contributed by atoms with Crippen LogP contribution in [0.3, 0.4) is 0 Å². The van der Waals surface area contributed by atoms with Crippen molar-refractivity contribution in [3.63, 3.8) is 0 Å². The van der Waals surface area contributed by atoms with Crippen molar-refractivity contribution in [3.8, 4) is 22.8 Å². The van der Waals surface area contributed by atoms with Crippen molar-refractivity contribution >= 4 is 39.7 Å². The molecule has 5 rings (SSSR count). The third-order valence-corrected chi connectivity index (χ3v) is 5.92. The number of nitrogens with one attached hydrogen (secondary N) is 1. The lowest BCUT2D eigenvalue weighted by Crippen LogP contribution is -2.14. The lowest BCUT2D eigenvalue weighted by atomic mass is 10.2. The van der Waals surface area contributed by atoms with Crippen LogP contribution in [0.1, 0.15) is 0 Å². The van der Waals surface area contributed by atoms with Gasteiger partial charge in [0, 0.05) is 17.1 Å². The third kappa shape index (κ3) is 3.19. The lowest BCUT2D eigenvalue weighted by Gasteiger charge is -2.06. The Balaban J connectivity index is 1.31. The molecule has 0 spiro atoms. The maximum atomic E-state index is 12.4.